The van der Waals surface area contributed by atoms with Crippen molar-refractivity contribution < 1.29 is 9.53 Å². The Labute approximate surface area is 193 Å². The lowest BCUT2D eigenvalue weighted by molar-refractivity contribution is -0.127. The predicted octanol–water partition coefficient (Wildman–Crippen LogP) is 2.06. The molecule has 2 unspecified atom stereocenters. The van der Waals surface area contributed by atoms with E-state index < -0.39 is 0 Å². The lowest BCUT2D eigenvalue weighted by Gasteiger charge is -2.25. The lowest BCUT2D eigenvalue weighted by Crippen LogP contribution is -2.48. The second kappa shape index (κ2) is 12.9. The summed E-state index contributed by atoms with van der Waals surface area (Å²) >= 11 is 0. The zero-order valence-electron chi connectivity index (χ0n) is 18.2. The van der Waals surface area contributed by atoms with Gasteiger partial charge in [0.05, 0.1) is 6.10 Å². The molecule has 0 aromatic heterocycles. The van der Waals surface area contributed by atoms with Crippen molar-refractivity contribution in [2.45, 2.75) is 63.5 Å². The normalized spacial score (nSPS) is 26.2. The summed E-state index contributed by atoms with van der Waals surface area (Å²) in [6.45, 7) is 5.24. The van der Waals surface area contributed by atoms with Gasteiger partial charge in [0, 0.05) is 52.9 Å². The van der Waals surface area contributed by atoms with E-state index in [9.17, 15) is 4.79 Å². The molecule has 3 rings (SSSR count). The van der Waals surface area contributed by atoms with Crippen LogP contribution in [0.25, 0.3) is 0 Å². The van der Waals surface area contributed by atoms with Gasteiger partial charge >= 0.3 is 0 Å². The number of halogens is 1. The molecule has 168 valence electrons. The molecule has 29 heavy (non-hydrogen) atoms. The fourth-order valence-corrected chi connectivity index (χ4v) is 4.49. The van der Waals surface area contributed by atoms with Crippen molar-refractivity contribution in [2.24, 2.45) is 10.9 Å². The second-order valence-electron chi connectivity index (χ2n) is 8.86. The van der Waals surface area contributed by atoms with Gasteiger partial charge in [-0.3, -0.25) is 4.79 Å². The molecule has 2 heterocycles. The van der Waals surface area contributed by atoms with E-state index in [4.69, 9.17) is 4.74 Å². The fraction of sp³-hybridized carbons (Fsp3) is 0.905. The highest BCUT2D eigenvalue weighted by atomic mass is 127. The maximum Gasteiger partial charge on any atom is 0.243 e. The first kappa shape index (κ1) is 24.7. The van der Waals surface area contributed by atoms with Crippen molar-refractivity contribution in [3.8, 4) is 0 Å². The minimum Gasteiger partial charge on any atom is -0.376 e. The summed E-state index contributed by atoms with van der Waals surface area (Å²) < 4.78 is 5.82. The number of carbonyl (C=O) groups excluding carboxylic acids is 1. The Bertz CT molecular complexity index is 519. The average molecular weight is 521 g/mol. The van der Waals surface area contributed by atoms with Gasteiger partial charge in [-0.2, -0.15) is 0 Å². The van der Waals surface area contributed by atoms with Crippen LogP contribution in [0.15, 0.2) is 4.99 Å². The fourth-order valence-electron chi connectivity index (χ4n) is 4.49. The monoisotopic (exact) mass is 521 g/mol. The maximum absolute atomic E-state index is 12.0. The second-order valence-corrected chi connectivity index (χ2v) is 8.86. The Hall–Kier alpha value is -0.610. The van der Waals surface area contributed by atoms with E-state index in [0.29, 0.717) is 6.04 Å². The predicted molar refractivity (Wildman–Crippen MR) is 128 cm³/mol. The summed E-state index contributed by atoms with van der Waals surface area (Å²) in [6.07, 6.45) is 10.5. The number of nitrogens with zero attached hydrogens (tertiary/aromatic N) is 3. The molecule has 2 saturated heterocycles. The van der Waals surface area contributed by atoms with Crippen LogP contribution in [0.4, 0.5) is 0 Å². The highest BCUT2D eigenvalue weighted by Gasteiger charge is 2.27. The number of aliphatic imine (C=N–C) groups is 1. The van der Waals surface area contributed by atoms with Gasteiger partial charge in [-0.25, -0.2) is 4.99 Å². The number of ether oxygens (including phenoxy) is 1. The molecule has 2 N–H and O–H groups in total. The van der Waals surface area contributed by atoms with Gasteiger partial charge in [0.2, 0.25) is 5.91 Å². The van der Waals surface area contributed by atoms with Crippen LogP contribution in [0.5, 0.6) is 0 Å². The van der Waals surface area contributed by atoms with Crippen LogP contribution >= 0.6 is 24.0 Å². The van der Waals surface area contributed by atoms with Crippen LogP contribution in [0, 0.1) is 5.92 Å². The molecule has 1 amide bonds. The van der Waals surface area contributed by atoms with E-state index in [1.165, 1.54) is 38.6 Å². The molecule has 0 aromatic rings. The van der Waals surface area contributed by atoms with Crippen molar-refractivity contribution in [1.82, 2.24) is 20.4 Å². The van der Waals surface area contributed by atoms with Crippen molar-refractivity contribution in [1.29, 1.82) is 0 Å². The quantitative estimate of drug-likeness (QED) is 0.305. The van der Waals surface area contributed by atoms with E-state index in [1.807, 2.05) is 0 Å². The summed E-state index contributed by atoms with van der Waals surface area (Å²) in [6, 6.07) is 0.398. The lowest BCUT2D eigenvalue weighted by atomic mass is 10.1. The van der Waals surface area contributed by atoms with E-state index in [-0.39, 0.29) is 42.5 Å². The van der Waals surface area contributed by atoms with Gasteiger partial charge in [-0.1, -0.05) is 12.8 Å². The van der Waals surface area contributed by atoms with Crippen molar-refractivity contribution in [3.05, 3.63) is 0 Å². The summed E-state index contributed by atoms with van der Waals surface area (Å²) in [4.78, 5) is 20.7. The summed E-state index contributed by atoms with van der Waals surface area (Å²) in [7, 11) is 3.54. The van der Waals surface area contributed by atoms with Crippen molar-refractivity contribution in [3.63, 3.8) is 0 Å². The first-order valence-electron chi connectivity index (χ1n) is 11.2. The summed E-state index contributed by atoms with van der Waals surface area (Å²) in [5, 5.41) is 7.00. The number of hydrogen-bond acceptors (Lipinski definition) is 4. The first-order chi connectivity index (χ1) is 13.6. The number of carbonyl (C=O) groups is 1. The van der Waals surface area contributed by atoms with Crippen LogP contribution in [-0.2, 0) is 9.53 Å². The van der Waals surface area contributed by atoms with Gasteiger partial charge in [0.15, 0.2) is 5.96 Å². The van der Waals surface area contributed by atoms with Gasteiger partial charge in [-0.05, 0) is 44.4 Å². The standard InChI is InChI=1S/C21H39N5O2.HI/c1-25(2)20(27)14-23-21(22-13-19-9-5-6-12-28-19)24-18-10-11-26(16-18)15-17-7-3-4-8-17;/h17-19H,3-16H2,1-2H3,(H2,22,23,24);1H. The topological polar surface area (TPSA) is 69.2 Å². The smallest absolute Gasteiger partial charge is 0.243 e. The number of guanidine groups is 1. The zero-order valence-corrected chi connectivity index (χ0v) is 20.5. The van der Waals surface area contributed by atoms with Gasteiger partial charge in [0.1, 0.15) is 6.54 Å². The van der Waals surface area contributed by atoms with E-state index in [1.54, 1.807) is 19.0 Å². The number of nitrogens with one attached hydrogen (secondary N) is 2. The molecule has 2 atom stereocenters. The SMILES string of the molecule is CN(C)C(=O)CN=C(NCC1CCCCO1)NC1CCN(CC2CCCC2)C1.I. The molecule has 0 spiro atoms. The summed E-state index contributed by atoms with van der Waals surface area (Å²) in [5.41, 5.74) is 0. The Kier molecular flexibility index (Phi) is 11.0. The molecule has 0 radical (unpaired) electrons. The van der Waals surface area contributed by atoms with Gasteiger partial charge in [0.25, 0.3) is 0 Å². The van der Waals surface area contributed by atoms with Crippen LogP contribution in [0.3, 0.4) is 0 Å². The minimum absolute atomic E-state index is 0. The molecular formula is C21H40IN5O2. The van der Waals surface area contributed by atoms with Gasteiger partial charge in [-0.15, -0.1) is 24.0 Å². The Balaban J connectivity index is 0.00000300. The third-order valence-electron chi connectivity index (χ3n) is 6.25. The molecule has 1 aliphatic carbocycles. The maximum atomic E-state index is 12.0. The van der Waals surface area contributed by atoms with Crippen molar-refractivity contribution in [2.75, 3.05) is 53.4 Å². The molecule has 1 saturated carbocycles. The molecule has 3 fully saturated rings. The van der Waals surface area contributed by atoms with Crippen LogP contribution in [0.2, 0.25) is 0 Å². The largest absolute Gasteiger partial charge is 0.376 e. The average Bonchev–Trinajstić information content (AvgIpc) is 3.37. The van der Waals surface area contributed by atoms with Crippen LogP contribution in [0.1, 0.15) is 51.4 Å². The van der Waals surface area contributed by atoms with Crippen LogP contribution in [-0.4, -0.2) is 87.2 Å². The molecular weight excluding hydrogens is 481 g/mol. The number of amides is 1. The molecule has 0 bridgehead atoms. The number of likely N-dealkylation sites (tertiary alicyclic amines) is 1. The van der Waals surface area contributed by atoms with E-state index in [0.717, 1.165) is 57.4 Å². The molecule has 7 nitrogen and oxygen atoms in total. The third-order valence-corrected chi connectivity index (χ3v) is 6.25. The third kappa shape index (κ3) is 8.57. The molecule has 3 aliphatic rings. The van der Waals surface area contributed by atoms with Gasteiger partial charge < -0.3 is 25.2 Å². The first-order valence-corrected chi connectivity index (χ1v) is 11.2. The molecule has 0 aromatic carbocycles. The number of rotatable bonds is 7. The Morgan fingerprint density at radius 1 is 1.14 bits per heavy atom. The highest BCUT2D eigenvalue weighted by molar-refractivity contribution is 14.0. The zero-order chi connectivity index (χ0) is 19.8. The number of hydrogen-bond donors (Lipinski definition) is 2. The van der Waals surface area contributed by atoms with E-state index >= 15 is 0 Å². The van der Waals surface area contributed by atoms with Crippen LogP contribution < -0.4 is 10.6 Å². The highest BCUT2D eigenvalue weighted by Crippen LogP contribution is 2.26. The molecule has 8 heteroatoms. The Morgan fingerprint density at radius 3 is 2.59 bits per heavy atom. The molecule has 2 aliphatic heterocycles. The minimum atomic E-state index is 0. The Morgan fingerprint density at radius 2 is 1.90 bits per heavy atom. The number of likely N-dealkylation sites (N-methyl/N-ethyl adjacent to an activating group) is 1. The van der Waals surface area contributed by atoms with Crippen molar-refractivity contribution >= 4 is 35.8 Å². The summed E-state index contributed by atoms with van der Waals surface area (Å²) in [5.74, 6) is 1.66. The van der Waals surface area contributed by atoms with E-state index in [2.05, 4.69) is 20.5 Å².